The van der Waals surface area contributed by atoms with Crippen molar-refractivity contribution >= 4 is 23.2 Å². The molecule has 3 aliphatic rings. The topological polar surface area (TPSA) is 53.1 Å². The summed E-state index contributed by atoms with van der Waals surface area (Å²) >= 11 is 1.62. The first-order valence-corrected chi connectivity index (χ1v) is 10.5. The van der Waals surface area contributed by atoms with E-state index in [1.807, 2.05) is 26.6 Å². The van der Waals surface area contributed by atoms with Crippen molar-refractivity contribution < 1.29 is 14.3 Å². The number of nitrogens with zero attached hydrogens (tertiary/aromatic N) is 3. The number of morpholine rings is 1. The minimum Gasteiger partial charge on any atom is -0.379 e. The monoisotopic (exact) mass is 377 g/mol. The summed E-state index contributed by atoms with van der Waals surface area (Å²) in [6, 6.07) is 2.00. The van der Waals surface area contributed by atoms with Crippen LogP contribution in [0.3, 0.4) is 0 Å². The number of likely N-dealkylation sites (tertiary alicyclic amines) is 2. The predicted octanol–water partition coefficient (Wildman–Crippen LogP) is 1.07. The van der Waals surface area contributed by atoms with Gasteiger partial charge in [-0.3, -0.25) is 14.5 Å². The Bertz CT molecular complexity index is 644. The second kappa shape index (κ2) is 7.66. The Morgan fingerprint density at radius 2 is 1.96 bits per heavy atom. The van der Waals surface area contributed by atoms with E-state index in [0.29, 0.717) is 19.5 Å². The molecular formula is C19H27N3O3S. The highest BCUT2D eigenvalue weighted by atomic mass is 32.1. The van der Waals surface area contributed by atoms with Crippen LogP contribution < -0.4 is 0 Å². The average molecular weight is 378 g/mol. The largest absolute Gasteiger partial charge is 0.379 e. The molecule has 0 aromatic carbocycles. The molecule has 1 spiro atoms. The summed E-state index contributed by atoms with van der Waals surface area (Å²) in [5, 5.41) is 4.03. The van der Waals surface area contributed by atoms with Gasteiger partial charge in [0.2, 0.25) is 11.8 Å². The van der Waals surface area contributed by atoms with E-state index in [-0.39, 0.29) is 17.2 Å². The average Bonchev–Trinajstić information content (AvgIpc) is 3.38. The summed E-state index contributed by atoms with van der Waals surface area (Å²) in [5.74, 6) is 0.413. The Morgan fingerprint density at radius 1 is 1.15 bits per heavy atom. The molecule has 0 aliphatic carbocycles. The maximum atomic E-state index is 13.0. The number of rotatable bonds is 5. The first-order valence-electron chi connectivity index (χ1n) is 9.55. The lowest BCUT2D eigenvalue weighted by Gasteiger charge is -2.29. The zero-order chi connectivity index (χ0) is 18.0. The summed E-state index contributed by atoms with van der Waals surface area (Å²) in [5.41, 5.74) is 0.751. The Labute approximate surface area is 158 Å². The van der Waals surface area contributed by atoms with E-state index in [1.54, 1.807) is 11.3 Å². The van der Waals surface area contributed by atoms with E-state index in [0.717, 1.165) is 64.3 Å². The third-order valence-electron chi connectivity index (χ3n) is 6.03. The highest BCUT2D eigenvalue weighted by Crippen LogP contribution is 2.40. The molecule has 26 heavy (non-hydrogen) atoms. The number of carbonyl (C=O) groups excluding carboxylic acids is 2. The van der Waals surface area contributed by atoms with E-state index in [1.165, 1.54) is 0 Å². The van der Waals surface area contributed by atoms with Crippen molar-refractivity contribution in [3.8, 4) is 0 Å². The SMILES string of the molecule is O=C(Cc1ccsc1)N1CCC2(CCN(CCN3CCOCC3)C2=O)C1. The van der Waals surface area contributed by atoms with Gasteiger partial charge in [0, 0.05) is 45.8 Å². The number of ether oxygens (including phenoxy) is 1. The summed E-state index contributed by atoms with van der Waals surface area (Å²) < 4.78 is 5.38. The van der Waals surface area contributed by atoms with Crippen LogP contribution in [0.25, 0.3) is 0 Å². The summed E-state index contributed by atoms with van der Waals surface area (Å²) in [6.45, 7) is 7.36. The van der Waals surface area contributed by atoms with Gasteiger partial charge in [-0.05, 0) is 35.2 Å². The Balaban J connectivity index is 1.30. The maximum Gasteiger partial charge on any atom is 0.230 e. The van der Waals surface area contributed by atoms with Gasteiger partial charge in [-0.25, -0.2) is 0 Å². The fourth-order valence-electron chi connectivity index (χ4n) is 4.34. The highest BCUT2D eigenvalue weighted by Gasteiger charge is 2.51. The molecule has 1 atom stereocenters. The molecule has 1 aromatic heterocycles. The molecule has 3 fully saturated rings. The molecular weight excluding hydrogens is 350 g/mol. The van der Waals surface area contributed by atoms with Crippen molar-refractivity contribution in [2.75, 3.05) is 59.0 Å². The molecule has 4 heterocycles. The second-order valence-corrected chi connectivity index (χ2v) is 8.43. The predicted molar refractivity (Wildman–Crippen MR) is 100 cm³/mol. The lowest BCUT2D eigenvalue weighted by Crippen LogP contribution is -2.44. The van der Waals surface area contributed by atoms with Crippen molar-refractivity contribution in [3.63, 3.8) is 0 Å². The third kappa shape index (κ3) is 3.66. The van der Waals surface area contributed by atoms with Crippen LogP contribution in [0.5, 0.6) is 0 Å². The van der Waals surface area contributed by atoms with E-state index in [2.05, 4.69) is 4.90 Å². The van der Waals surface area contributed by atoms with E-state index in [9.17, 15) is 9.59 Å². The second-order valence-electron chi connectivity index (χ2n) is 7.65. The quantitative estimate of drug-likeness (QED) is 0.770. The van der Waals surface area contributed by atoms with Crippen molar-refractivity contribution in [2.24, 2.45) is 5.41 Å². The fraction of sp³-hybridized carbons (Fsp3) is 0.684. The molecule has 4 rings (SSSR count). The van der Waals surface area contributed by atoms with Gasteiger partial charge < -0.3 is 14.5 Å². The van der Waals surface area contributed by atoms with E-state index >= 15 is 0 Å². The molecule has 2 amide bonds. The van der Waals surface area contributed by atoms with Crippen LogP contribution in [0.15, 0.2) is 16.8 Å². The lowest BCUT2D eigenvalue weighted by atomic mass is 9.85. The van der Waals surface area contributed by atoms with Crippen LogP contribution >= 0.6 is 11.3 Å². The smallest absolute Gasteiger partial charge is 0.230 e. The lowest BCUT2D eigenvalue weighted by molar-refractivity contribution is -0.136. The van der Waals surface area contributed by atoms with Gasteiger partial charge in [-0.1, -0.05) is 0 Å². The maximum absolute atomic E-state index is 13.0. The number of amides is 2. The van der Waals surface area contributed by atoms with Crippen LogP contribution in [0.1, 0.15) is 18.4 Å². The number of hydrogen-bond donors (Lipinski definition) is 0. The Morgan fingerprint density at radius 3 is 2.73 bits per heavy atom. The number of hydrogen-bond acceptors (Lipinski definition) is 5. The van der Waals surface area contributed by atoms with Crippen LogP contribution in [-0.2, 0) is 20.7 Å². The fourth-order valence-corrected chi connectivity index (χ4v) is 5.01. The van der Waals surface area contributed by atoms with Crippen LogP contribution in [0, 0.1) is 5.41 Å². The Hall–Kier alpha value is -1.44. The van der Waals surface area contributed by atoms with E-state index in [4.69, 9.17) is 4.74 Å². The first-order chi connectivity index (χ1) is 12.7. The van der Waals surface area contributed by atoms with Crippen molar-refractivity contribution in [2.45, 2.75) is 19.3 Å². The molecule has 3 saturated heterocycles. The summed E-state index contributed by atoms with van der Waals surface area (Å²) in [4.78, 5) is 31.9. The molecule has 0 N–H and O–H groups in total. The molecule has 0 bridgehead atoms. The van der Waals surface area contributed by atoms with E-state index < -0.39 is 0 Å². The summed E-state index contributed by atoms with van der Waals surface area (Å²) in [6.07, 6.45) is 2.15. The number of thiophene rings is 1. The minimum atomic E-state index is -0.324. The molecule has 0 saturated carbocycles. The first kappa shape index (κ1) is 17.9. The normalized spacial score (nSPS) is 27.0. The Kier molecular flexibility index (Phi) is 5.29. The molecule has 0 radical (unpaired) electrons. The van der Waals surface area contributed by atoms with Crippen molar-refractivity contribution in [1.82, 2.24) is 14.7 Å². The zero-order valence-electron chi connectivity index (χ0n) is 15.2. The molecule has 7 heteroatoms. The minimum absolute atomic E-state index is 0.153. The zero-order valence-corrected chi connectivity index (χ0v) is 16.0. The third-order valence-corrected chi connectivity index (χ3v) is 6.77. The van der Waals surface area contributed by atoms with Crippen LogP contribution in [0.2, 0.25) is 0 Å². The van der Waals surface area contributed by atoms with Gasteiger partial charge >= 0.3 is 0 Å². The molecule has 3 aliphatic heterocycles. The van der Waals surface area contributed by atoms with Gasteiger partial charge in [0.15, 0.2) is 0 Å². The standard InChI is InChI=1S/C19H27N3O3S/c23-17(13-16-1-12-26-14-16)22-5-3-19(15-22)2-4-21(18(19)24)7-6-20-8-10-25-11-9-20/h1,12,14H,2-11,13,15H2. The van der Waals surface area contributed by atoms with Gasteiger partial charge in [0.05, 0.1) is 25.0 Å². The number of carbonyl (C=O) groups is 2. The summed E-state index contributed by atoms with van der Waals surface area (Å²) in [7, 11) is 0. The van der Waals surface area contributed by atoms with Gasteiger partial charge in [0.1, 0.15) is 0 Å². The van der Waals surface area contributed by atoms with Crippen molar-refractivity contribution in [1.29, 1.82) is 0 Å². The highest BCUT2D eigenvalue weighted by molar-refractivity contribution is 7.08. The van der Waals surface area contributed by atoms with Crippen LogP contribution in [0.4, 0.5) is 0 Å². The van der Waals surface area contributed by atoms with Crippen molar-refractivity contribution in [3.05, 3.63) is 22.4 Å². The van der Waals surface area contributed by atoms with Gasteiger partial charge in [-0.2, -0.15) is 11.3 Å². The molecule has 6 nitrogen and oxygen atoms in total. The van der Waals surface area contributed by atoms with Gasteiger partial charge in [-0.15, -0.1) is 0 Å². The molecule has 142 valence electrons. The molecule has 1 aromatic rings. The van der Waals surface area contributed by atoms with Gasteiger partial charge in [0.25, 0.3) is 0 Å². The molecule has 1 unspecified atom stereocenters. The van der Waals surface area contributed by atoms with Crippen LogP contribution in [-0.4, -0.2) is 85.5 Å².